The number of carbonyl (C=O) groups is 2. The lowest BCUT2D eigenvalue weighted by atomic mass is 10.3. The monoisotopic (exact) mass is 334 g/mol. The molecule has 0 spiro atoms. The standard InChI is InChI=1S/C16H22N4O2S/c1-11-10-12(2)20(19-11)8-5-7-17-15(21)13(3)18-16(22)14-6-4-9-23-14/h4,6,9-10,13H,5,7-8H2,1-3H3,(H,17,21)(H,18,22). The van der Waals surface area contributed by atoms with Gasteiger partial charge in [0, 0.05) is 18.8 Å². The predicted octanol–water partition coefficient (Wildman–Crippen LogP) is 1.89. The van der Waals surface area contributed by atoms with Crippen LogP contribution in [-0.2, 0) is 11.3 Å². The van der Waals surface area contributed by atoms with Crippen molar-refractivity contribution >= 4 is 23.2 Å². The number of nitrogens with zero attached hydrogens (tertiary/aromatic N) is 2. The van der Waals surface area contributed by atoms with Crippen LogP contribution in [0.25, 0.3) is 0 Å². The number of hydrogen-bond acceptors (Lipinski definition) is 4. The molecule has 6 nitrogen and oxygen atoms in total. The Morgan fingerprint density at radius 1 is 1.39 bits per heavy atom. The number of aromatic nitrogens is 2. The van der Waals surface area contributed by atoms with Crippen LogP contribution in [0.15, 0.2) is 23.6 Å². The predicted molar refractivity (Wildman–Crippen MR) is 90.6 cm³/mol. The quantitative estimate of drug-likeness (QED) is 0.759. The summed E-state index contributed by atoms with van der Waals surface area (Å²) in [5.41, 5.74) is 2.11. The molecule has 2 aromatic rings. The summed E-state index contributed by atoms with van der Waals surface area (Å²) >= 11 is 1.35. The first kappa shape index (κ1) is 17.2. The Balaban J connectivity index is 1.70. The highest BCUT2D eigenvalue weighted by molar-refractivity contribution is 7.12. The molecule has 23 heavy (non-hydrogen) atoms. The van der Waals surface area contributed by atoms with Crippen molar-refractivity contribution in [3.63, 3.8) is 0 Å². The highest BCUT2D eigenvalue weighted by atomic mass is 32.1. The third kappa shape index (κ3) is 4.92. The molecule has 0 aliphatic carbocycles. The van der Waals surface area contributed by atoms with Crippen LogP contribution in [0, 0.1) is 13.8 Å². The van der Waals surface area contributed by atoms with E-state index in [4.69, 9.17) is 0 Å². The number of hydrogen-bond donors (Lipinski definition) is 2. The molecule has 0 radical (unpaired) electrons. The van der Waals surface area contributed by atoms with E-state index in [0.29, 0.717) is 11.4 Å². The van der Waals surface area contributed by atoms with E-state index in [0.717, 1.165) is 24.4 Å². The largest absolute Gasteiger partial charge is 0.354 e. The normalized spacial score (nSPS) is 12.0. The summed E-state index contributed by atoms with van der Waals surface area (Å²) in [4.78, 5) is 24.5. The summed E-state index contributed by atoms with van der Waals surface area (Å²) in [6.07, 6.45) is 0.791. The Labute approximate surface area is 139 Å². The van der Waals surface area contributed by atoms with Gasteiger partial charge in [-0.25, -0.2) is 0 Å². The lowest BCUT2D eigenvalue weighted by molar-refractivity contribution is -0.122. The molecule has 2 rings (SSSR count). The summed E-state index contributed by atoms with van der Waals surface area (Å²) in [6.45, 7) is 6.97. The van der Waals surface area contributed by atoms with Gasteiger partial charge < -0.3 is 10.6 Å². The molecule has 2 heterocycles. The molecule has 0 aliphatic heterocycles. The Bertz CT molecular complexity index is 664. The number of thiophene rings is 1. The Morgan fingerprint density at radius 3 is 2.78 bits per heavy atom. The van der Waals surface area contributed by atoms with Crippen LogP contribution in [0.2, 0.25) is 0 Å². The number of carbonyl (C=O) groups excluding carboxylic acids is 2. The van der Waals surface area contributed by atoms with Crippen molar-refractivity contribution < 1.29 is 9.59 Å². The van der Waals surface area contributed by atoms with Gasteiger partial charge in [0.25, 0.3) is 5.91 Å². The molecular weight excluding hydrogens is 312 g/mol. The van der Waals surface area contributed by atoms with Crippen molar-refractivity contribution in [1.82, 2.24) is 20.4 Å². The van der Waals surface area contributed by atoms with Gasteiger partial charge in [0.2, 0.25) is 5.91 Å². The van der Waals surface area contributed by atoms with Crippen molar-refractivity contribution in [1.29, 1.82) is 0 Å². The highest BCUT2D eigenvalue weighted by Crippen LogP contribution is 2.08. The number of nitrogens with one attached hydrogen (secondary N) is 2. The van der Waals surface area contributed by atoms with Gasteiger partial charge >= 0.3 is 0 Å². The summed E-state index contributed by atoms with van der Waals surface area (Å²) in [5.74, 6) is -0.395. The fraction of sp³-hybridized carbons (Fsp3) is 0.438. The van der Waals surface area contributed by atoms with E-state index in [1.165, 1.54) is 11.3 Å². The molecule has 0 bridgehead atoms. The van der Waals surface area contributed by atoms with E-state index in [9.17, 15) is 9.59 Å². The second kappa shape index (κ2) is 7.92. The SMILES string of the molecule is Cc1cc(C)n(CCCNC(=O)C(C)NC(=O)c2cccs2)n1. The van der Waals surface area contributed by atoms with Gasteiger partial charge in [-0.1, -0.05) is 6.07 Å². The zero-order valence-electron chi connectivity index (χ0n) is 13.6. The van der Waals surface area contributed by atoms with Gasteiger partial charge in [-0.3, -0.25) is 14.3 Å². The molecule has 2 aromatic heterocycles. The highest BCUT2D eigenvalue weighted by Gasteiger charge is 2.16. The molecule has 0 saturated carbocycles. The van der Waals surface area contributed by atoms with Crippen molar-refractivity contribution in [3.8, 4) is 0 Å². The molecule has 1 unspecified atom stereocenters. The van der Waals surface area contributed by atoms with E-state index < -0.39 is 6.04 Å². The Morgan fingerprint density at radius 2 is 2.17 bits per heavy atom. The third-order valence-corrected chi connectivity index (χ3v) is 4.30. The molecule has 7 heteroatoms. The van der Waals surface area contributed by atoms with Gasteiger partial charge in [0.15, 0.2) is 0 Å². The zero-order valence-corrected chi connectivity index (χ0v) is 14.4. The maximum absolute atomic E-state index is 12.0. The number of amides is 2. The average molecular weight is 334 g/mol. The van der Waals surface area contributed by atoms with E-state index in [1.807, 2.05) is 36.0 Å². The minimum absolute atomic E-state index is 0.178. The summed E-state index contributed by atoms with van der Waals surface area (Å²) in [7, 11) is 0. The maximum Gasteiger partial charge on any atom is 0.261 e. The Kier molecular flexibility index (Phi) is 5.92. The van der Waals surface area contributed by atoms with E-state index in [1.54, 1.807) is 13.0 Å². The van der Waals surface area contributed by atoms with Gasteiger partial charge in [-0.15, -0.1) is 11.3 Å². The summed E-state index contributed by atoms with van der Waals surface area (Å²) in [6, 6.07) is 5.02. The van der Waals surface area contributed by atoms with Crippen LogP contribution in [0.3, 0.4) is 0 Å². The lowest BCUT2D eigenvalue weighted by Crippen LogP contribution is -2.45. The van der Waals surface area contributed by atoms with Gasteiger partial charge in [-0.05, 0) is 44.7 Å². The number of aryl methyl sites for hydroxylation is 3. The van der Waals surface area contributed by atoms with Crippen molar-refractivity contribution in [2.45, 2.75) is 39.8 Å². The van der Waals surface area contributed by atoms with Crippen LogP contribution in [0.4, 0.5) is 0 Å². The topological polar surface area (TPSA) is 76.0 Å². The minimum Gasteiger partial charge on any atom is -0.354 e. The molecule has 124 valence electrons. The molecule has 0 saturated heterocycles. The van der Waals surface area contributed by atoms with Gasteiger partial charge in [-0.2, -0.15) is 5.10 Å². The first-order chi connectivity index (χ1) is 11.0. The minimum atomic E-state index is -0.557. The van der Waals surface area contributed by atoms with Crippen LogP contribution >= 0.6 is 11.3 Å². The molecule has 0 fully saturated rings. The first-order valence-corrected chi connectivity index (χ1v) is 8.48. The van der Waals surface area contributed by atoms with Crippen LogP contribution in [0.1, 0.15) is 34.4 Å². The van der Waals surface area contributed by atoms with Crippen LogP contribution < -0.4 is 10.6 Å². The van der Waals surface area contributed by atoms with Crippen molar-refractivity contribution in [2.24, 2.45) is 0 Å². The van der Waals surface area contributed by atoms with E-state index in [-0.39, 0.29) is 11.8 Å². The van der Waals surface area contributed by atoms with Crippen LogP contribution in [0.5, 0.6) is 0 Å². The lowest BCUT2D eigenvalue weighted by Gasteiger charge is -2.13. The second-order valence-corrected chi connectivity index (χ2v) is 6.41. The van der Waals surface area contributed by atoms with Gasteiger partial charge in [0.1, 0.15) is 6.04 Å². The smallest absolute Gasteiger partial charge is 0.261 e. The molecule has 0 aromatic carbocycles. The molecule has 0 aliphatic rings. The molecular formula is C16H22N4O2S. The molecule has 2 amide bonds. The van der Waals surface area contributed by atoms with Crippen molar-refractivity contribution in [3.05, 3.63) is 39.8 Å². The zero-order chi connectivity index (χ0) is 16.8. The van der Waals surface area contributed by atoms with Crippen LogP contribution in [-0.4, -0.2) is 34.2 Å². The fourth-order valence-corrected chi connectivity index (χ4v) is 2.86. The number of rotatable bonds is 7. The fourth-order valence-electron chi connectivity index (χ4n) is 2.24. The van der Waals surface area contributed by atoms with Crippen molar-refractivity contribution in [2.75, 3.05) is 6.54 Å². The van der Waals surface area contributed by atoms with E-state index in [2.05, 4.69) is 15.7 Å². The first-order valence-electron chi connectivity index (χ1n) is 7.60. The van der Waals surface area contributed by atoms with Gasteiger partial charge in [0.05, 0.1) is 10.6 Å². The average Bonchev–Trinajstić information content (AvgIpc) is 3.13. The summed E-state index contributed by atoms with van der Waals surface area (Å²) in [5, 5.41) is 11.7. The second-order valence-electron chi connectivity index (χ2n) is 5.47. The Hall–Kier alpha value is -2.15. The maximum atomic E-state index is 12.0. The van der Waals surface area contributed by atoms with E-state index >= 15 is 0 Å². The molecule has 2 N–H and O–H groups in total. The molecule has 1 atom stereocenters. The third-order valence-electron chi connectivity index (χ3n) is 3.44. The summed E-state index contributed by atoms with van der Waals surface area (Å²) < 4.78 is 1.93.